The van der Waals surface area contributed by atoms with Crippen molar-refractivity contribution in [1.82, 2.24) is 4.57 Å². The van der Waals surface area contributed by atoms with Crippen molar-refractivity contribution in [2.45, 2.75) is 37.0 Å². The highest BCUT2D eigenvalue weighted by atomic mass is 32.2. The molecule has 0 saturated carbocycles. The molecule has 3 aromatic rings. The molecule has 0 spiro atoms. The van der Waals surface area contributed by atoms with Crippen LogP contribution in [0, 0.1) is 0 Å². The van der Waals surface area contributed by atoms with E-state index in [1.54, 1.807) is 23.1 Å². The number of carbonyl (C=O) groups is 1. The summed E-state index contributed by atoms with van der Waals surface area (Å²) in [5, 5.41) is 0. The van der Waals surface area contributed by atoms with Crippen LogP contribution in [-0.4, -0.2) is 35.7 Å². The Bertz CT molecular complexity index is 1010. The van der Waals surface area contributed by atoms with Crippen molar-refractivity contribution in [2.75, 3.05) is 25.2 Å². The summed E-state index contributed by atoms with van der Waals surface area (Å²) in [6.07, 6.45) is 3.40. The quantitative estimate of drug-likeness (QED) is 0.276. The molecule has 0 aliphatic heterocycles. The van der Waals surface area contributed by atoms with E-state index in [0.717, 1.165) is 32.9 Å². The number of aromatic nitrogens is 1. The van der Waals surface area contributed by atoms with Crippen molar-refractivity contribution >= 4 is 51.0 Å². The molecule has 0 fully saturated rings. The maximum atomic E-state index is 12.5. The van der Waals surface area contributed by atoms with Gasteiger partial charge in [0, 0.05) is 30.2 Å². The number of benzene rings is 2. The first kappa shape index (κ1) is 23.1. The Morgan fingerprint density at radius 1 is 1.20 bits per heavy atom. The summed E-state index contributed by atoms with van der Waals surface area (Å²) in [4.78, 5) is 19.0. The molecular weight excluding hydrogens is 432 g/mol. The van der Waals surface area contributed by atoms with E-state index >= 15 is 0 Å². The third-order valence-corrected chi connectivity index (χ3v) is 7.45. The molecule has 0 radical (unpaired) electrons. The summed E-state index contributed by atoms with van der Waals surface area (Å²) in [7, 11) is 0. The highest BCUT2D eigenvalue weighted by Gasteiger charge is 2.09. The molecule has 0 unspecified atom stereocenters. The van der Waals surface area contributed by atoms with Crippen LogP contribution in [0.4, 0.5) is 0 Å². The van der Waals surface area contributed by atoms with E-state index in [9.17, 15) is 4.79 Å². The average molecular weight is 461 g/mol. The molecule has 0 saturated heterocycles. The van der Waals surface area contributed by atoms with E-state index in [1.165, 1.54) is 10.5 Å². The van der Waals surface area contributed by atoms with Crippen LogP contribution in [0.5, 0.6) is 0 Å². The molecule has 2 aromatic carbocycles. The normalized spacial score (nSPS) is 12.0. The molecule has 30 heavy (non-hydrogen) atoms. The van der Waals surface area contributed by atoms with Crippen LogP contribution in [0.2, 0.25) is 0 Å². The summed E-state index contributed by atoms with van der Waals surface area (Å²) in [5.74, 6) is 1.90. The molecule has 160 valence electrons. The zero-order chi connectivity index (χ0) is 21.2. The fourth-order valence-corrected chi connectivity index (χ4v) is 5.58. The minimum Gasteiger partial charge on any atom is -0.380 e. The van der Waals surface area contributed by atoms with Gasteiger partial charge in [0.2, 0.25) is 5.91 Å². The number of ether oxygens (including phenoxy) is 1. The molecule has 0 bridgehead atoms. The van der Waals surface area contributed by atoms with Crippen molar-refractivity contribution < 1.29 is 9.53 Å². The van der Waals surface area contributed by atoms with Gasteiger partial charge in [0.05, 0.1) is 16.8 Å². The van der Waals surface area contributed by atoms with Gasteiger partial charge < -0.3 is 9.30 Å². The average Bonchev–Trinajstić information content (AvgIpc) is 3.10. The predicted molar refractivity (Wildman–Crippen MR) is 130 cm³/mol. The first-order chi connectivity index (χ1) is 14.7. The van der Waals surface area contributed by atoms with Gasteiger partial charge in [-0.25, -0.2) is 0 Å². The number of thiazole rings is 1. The van der Waals surface area contributed by atoms with E-state index in [4.69, 9.17) is 4.74 Å². The van der Waals surface area contributed by atoms with Crippen LogP contribution < -0.4 is 4.80 Å². The van der Waals surface area contributed by atoms with Gasteiger partial charge in [0.25, 0.3) is 0 Å². The van der Waals surface area contributed by atoms with Gasteiger partial charge in [-0.05, 0) is 49.1 Å². The molecule has 0 aliphatic carbocycles. The number of fused-ring (bicyclic) bond motifs is 1. The van der Waals surface area contributed by atoms with Crippen LogP contribution in [-0.2, 0) is 21.8 Å². The Morgan fingerprint density at radius 2 is 2.03 bits per heavy atom. The number of thioether (sulfide) groups is 2. The third-order valence-electron chi connectivity index (χ3n) is 4.56. The third kappa shape index (κ3) is 6.74. The van der Waals surface area contributed by atoms with E-state index in [-0.39, 0.29) is 5.91 Å². The van der Waals surface area contributed by atoms with Gasteiger partial charge in [0.1, 0.15) is 0 Å². The zero-order valence-electron chi connectivity index (χ0n) is 17.5. The molecule has 1 aromatic heterocycles. The molecule has 7 heteroatoms. The molecule has 1 heterocycles. The van der Waals surface area contributed by atoms with E-state index < -0.39 is 0 Å². The largest absolute Gasteiger partial charge is 0.380 e. The Hall–Kier alpha value is -1.54. The second-order valence-corrected chi connectivity index (χ2v) is 9.71. The van der Waals surface area contributed by atoms with Gasteiger partial charge in [-0.2, -0.15) is 16.8 Å². The van der Waals surface area contributed by atoms with E-state index in [2.05, 4.69) is 58.3 Å². The zero-order valence-corrected chi connectivity index (χ0v) is 20.0. The Morgan fingerprint density at radius 3 is 2.80 bits per heavy atom. The topological polar surface area (TPSA) is 43.6 Å². The standard InChI is InChI=1S/C23H28N2O2S3/c1-3-27-14-13-25-20-12-11-19(28-2)16-21(20)30-23(25)24-22(26)10-7-15-29-17-18-8-5-4-6-9-18/h4-6,8-9,11-12,16H,3,7,10,13-15,17H2,1-2H3. The lowest BCUT2D eigenvalue weighted by molar-refractivity contribution is -0.118. The molecular formula is C23H28N2O2S3. The fraction of sp³-hybridized carbons (Fsp3) is 0.391. The summed E-state index contributed by atoms with van der Waals surface area (Å²) in [5.41, 5.74) is 2.44. The fourth-order valence-electron chi connectivity index (χ4n) is 3.03. The first-order valence-corrected chi connectivity index (χ1v) is 13.3. The van der Waals surface area contributed by atoms with Gasteiger partial charge in [-0.15, -0.1) is 11.8 Å². The molecule has 0 N–H and O–H groups in total. The lowest BCUT2D eigenvalue weighted by Gasteiger charge is -2.06. The SMILES string of the molecule is CCOCCn1c(=NC(=O)CCCSCc2ccccc2)sc2cc(SC)ccc21. The highest BCUT2D eigenvalue weighted by Crippen LogP contribution is 2.24. The monoisotopic (exact) mass is 460 g/mol. The number of amides is 1. The summed E-state index contributed by atoms with van der Waals surface area (Å²) >= 11 is 5.17. The van der Waals surface area contributed by atoms with Crippen LogP contribution in [0.15, 0.2) is 58.4 Å². The first-order valence-electron chi connectivity index (χ1n) is 10.2. The number of hydrogen-bond acceptors (Lipinski definition) is 5. The lowest BCUT2D eigenvalue weighted by Crippen LogP contribution is -2.19. The highest BCUT2D eigenvalue weighted by molar-refractivity contribution is 7.98. The molecule has 4 nitrogen and oxygen atoms in total. The smallest absolute Gasteiger partial charge is 0.248 e. The molecule has 3 rings (SSSR count). The molecule has 1 amide bonds. The predicted octanol–water partition coefficient (Wildman–Crippen LogP) is 5.60. The summed E-state index contributed by atoms with van der Waals surface area (Å²) in [6.45, 7) is 3.99. The van der Waals surface area contributed by atoms with Crippen molar-refractivity contribution in [3.63, 3.8) is 0 Å². The maximum absolute atomic E-state index is 12.5. The minimum absolute atomic E-state index is 0.0443. The van der Waals surface area contributed by atoms with E-state index in [0.29, 0.717) is 26.2 Å². The van der Waals surface area contributed by atoms with Gasteiger partial charge >= 0.3 is 0 Å². The summed E-state index contributed by atoms with van der Waals surface area (Å²) in [6, 6.07) is 16.8. The maximum Gasteiger partial charge on any atom is 0.248 e. The lowest BCUT2D eigenvalue weighted by atomic mass is 10.2. The van der Waals surface area contributed by atoms with Crippen LogP contribution >= 0.6 is 34.9 Å². The van der Waals surface area contributed by atoms with Crippen molar-refractivity contribution in [2.24, 2.45) is 4.99 Å². The Balaban J connectivity index is 1.64. The minimum atomic E-state index is -0.0443. The summed E-state index contributed by atoms with van der Waals surface area (Å²) < 4.78 is 8.81. The van der Waals surface area contributed by atoms with Crippen molar-refractivity contribution in [3.05, 3.63) is 58.9 Å². The number of carbonyl (C=O) groups excluding carboxylic acids is 1. The van der Waals surface area contributed by atoms with Crippen molar-refractivity contribution in [1.29, 1.82) is 0 Å². The number of hydrogen-bond donors (Lipinski definition) is 0. The van der Waals surface area contributed by atoms with Crippen LogP contribution in [0.25, 0.3) is 10.2 Å². The van der Waals surface area contributed by atoms with Gasteiger partial charge in [-0.1, -0.05) is 41.7 Å². The van der Waals surface area contributed by atoms with Gasteiger partial charge in [0.15, 0.2) is 4.80 Å². The van der Waals surface area contributed by atoms with Crippen LogP contribution in [0.1, 0.15) is 25.3 Å². The van der Waals surface area contributed by atoms with Crippen LogP contribution in [0.3, 0.4) is 0 Å². The number of nitrogens with zero attached hydrogens (tertiary/aromatic N) is 2. The van der Waals surface area contributed by atoms with Gasteiger partial charge in [-0.3, -0.25) is 4.79 Å². The molecule has 0 aliphatic rings. The second kappa shape index (κ2) is 12.3. The Kier molecular flexibility index (Phi) is 9.52. The molecule has 0 atom stereocenters. The Labute approximate surface area is 190 Å². The number of rotatable bonds is 11. The second-order valence-electron chi connectivity index (χ2n) is 6.71. The van der Waals surface area contributed by atoms with Crippen molar-refractivity contribution in [3.8, 4) is 0 Å². The van der Waals surface area contributed by atoms with E-state index in [1.807, 2.05) is 24.8 Å².